The Morgan fingerprint density at radius 3 is 1.21 bits per heavy atom. The van der Waals surface area contributed by atoms with Gasteiger partial charge in [-0.05, 0) is 123 Å². The van der Waals surface area contributed by atoms with E-state index in [9.17, 15) is 0 Å². The van der Waals surface area contributed by atoms with E-state index in [2.05, 4.69) is 172 Å². The lowest BCUT2D eigenvalue weighted by Gasteiger charge is -2.23. The Hall–Kier alpha value is -5.72. The summed E-state index contributed by atoms with van der Waals surface area (Å²) in [6.07, 6.45) is 0. The molecule has 220 valence electrons. The van der Waals surface area contributed by atoms with Gasteiger partial charge >= 0.3 is 0 Å². The maximum atomic E-state index is 2.44. The molecular weight excluding hydrogens is 565 g/mol. The van der Waals surface area contributed by atoms with Crippen LogP contribution in [0.5, 0.6) is 0 Å². The quantitative estimate of drug-likeness (QED) is 0.174. The zero-order chi connectivity index (χ0) is 31.3. The Balaban J connectivity index is 1.07. The van der Waals surface area contributed by atoms with Crippen LogP contribution in [0.25, 0.3) is 87.2 Å². The third kappa shape index (κ3) is 3.88. The van der Waals surface area contributed by atoms with E-state index in [4.69, 9.17) is 0 Å². The standard InChI is InChI=1S/C47H32/c1-47(2)45-27-35(33-15-13-31-12-11-29-7-4-6-10-38(29)43(31)25-33)19-23-41(45)42-24-20-36(28-46(42)47)34-16-14-32-18-21-39-37-9-5-3-8-30(37)17-22-40(39)44(32)26-34/h3-28H,1-2H3. The molecule has 0 amide bonds. The van der Waals surface area contributed by atoms with Gasteiger partial charge in [-0.15, -0.1) is 0 Å². The van der Waals surface area contributed by atoms with Crippen molar-refractivity contribution in [2.75, 3.05) is 0 Å². The predicted octanol–water partition coefficient (Wildman–Crippen LogP) is 13.1. The molecule has 0 N–H and O–H groups in total. The minimum Gasteiger partial charge on any atom is -0.0616 e. The first kappa shape index (κ1) is 26.5. The smallest absolute Gasteiger partial charge is 0.0159 e. The summed E-state index contributed by atoms with van der Waals surface area (Å²) in [5, 5.41) is 13.0. The van der Waals surface area contributed by atoms with Gasteiger partial charge in [-0.3, -0.25) is 0 Å². The van der Waals surface area contributed by atoms with Crippen molar-refractivity contribution in [1.82, 2.24) is 0 Å². The van der Waals surface area contributed by atoms with Crippen molar-refractivity contribution in [2.45, 2.75) is 19.3 Å². The zero-order valence-electron chi connectivity index (χ0n) is 26.5. The molecule has 0 fully saturated rings. The highest BCUT2D eigenvalue weighted by Gasteiger charge is 2.36. The van der Waals surface area contributed by atoms with Crippen LogP contribution >= 0.6 is 0 Å². The molecule has 0 bridgehead atoms. The molecule has 10 rings (SSSR count). The lowest BCUT2D eigenvalue weighted by Crippen LogP contribution is -2.15. The van der Waals surface area contributed by atoms with Crippen molar-refractivity contribution in [2.24, 2.45) is 0 Å². The topological polar surface area (TPSA) is 0 Å². The Kier molecular flexibility index (Phi) is 5.44. The SMILES string of the molecule is CC1(C)c2cc(-c3ccc4ccc5ccccc5c4c3)ccc2-c2ccc(-c3ccc4ccc5c6ccccc6ccc5c4c3)cc21. The van der Waals surface area contributed by atoms with Crippen LogP contribution in [0.2, 0.25) is 0 Å². The summed E-state index contributed by atoms with van der Waals surface area (Å²) in [6, 6.07) is 59.0. The van der Waals surface area contributed by atoms with Crippen LogP contribution in [0.3, 0.4) is 0 Å². The van der Waals surface area contributed by atoms with E-state index < -0.39 is 0 Å². The first-order valence-corrected chi connectivity index (χ1v) is 16.6. The van der Waals surface area contributed by atoms with Gasteiger partial charge in [-0.2, -0.15) is 0 Å². The molecule has 0 aromatic heterocycles. The van der Waals surface area contributed by atoms with Gasteiger partial charge in [-0.25, -0.2) is 0 Å². The summed E-state index contributed by atoms with van der Waals surface area (Å²) in [7, 11) is 0. The molecule has 1 aliphatic rings. The van der Waals surface area contributed by atoms with E-state index in [0.717, 1.165) is 0 Å². The van der Waals surface area contributed by atoms with E-state index in [1.807, 2.05) is 0 Å². The Bertz CT molecular complexity index is 2760. The van der Waals surface area contributed by atoms with Crippen molar-refractivity contribution >= 4 is 53.9 Å². The normalized spacial score (nSPS) is 13.5. The van der Waals surface area contributed by atoms with Gasteiger partial charge in [0.1, 0.15) is 0 Å². The molecule has 0 aliphatic heterocycles. The highest BCUT2D eigenvalue weighted by atomic mass is 14.4. The summed E-state index contributed by atoms with van der Waals surface area (Å²) in [5.74, 6) is 0. The van der Waals surface area contributed by atoms with Crippen LogP contribution in [0.4, 0.5) is 0 Å². The molecule has 0 nitrogen and oxygen atoms in total. The molecule has 9 aromatic rings. The van der Waals surface area contributed by atoms with Gasteiger partial charge in [0.25, 0.3) is 0 Å². The van der Waals surface area contributed by atoms with Gasteiger partial charge in [0.15, 0.2) is 0 Å². The molecule has 0 radical (unpaired) electrons. The average molecular weight is 597 g/mol. The summed E-state index contributed by atoms with van der Waals surface area (Å²) in [6.45, 7) is 4.77. The fraction of sp³-hybridized carbons (Fsp3) is 0.0638. The third-order valence-corrected chi connectivity index (χ3v) is 10.8. The summed E-state index contributed by atoms with van der Waals surface area (Å²) < 4.78 is 0. The van der Waals surface area contributed by atoms with Gasteiger partial charge in [-0.1, -0.05) is 147 Å². The number of benzene rings is 9. The van der Waals surface area contributed by atoms with Crippen LogP contribution in [0.1, 0.15) is 25.0 Å². The van der Waals surface area contributed by atoms with Crippen LogP contribution in [0.15, 0.2) is 158 Å². The minimum atomic E-state index is -0.108. The summed E-state index contributed by atoms with van der Waals surface area (Å²) in [4.78, 5) is 0. The van der Waals surface area contributed by atoms with Gasteiger partial charge < -0.3 is 0 Å². The fourth-order valence-electron chi connectivity index (χ4n) is 8.28. The monoisotopic (exact) mass is 596 g/mol. The minimum absolute atomic E-state index is 0.108. The fourth-order valence-corrected chi connectivity index (χ4v) is 8.28. The second-order valence-corrected chi connectivity index (χ2v) is 13.8. The number of fused-ring (bicyclic) bond motifs is 11. The zero-order valence-corrected chi connectivity index (χ0v) is 26.5. The van der Waals surface area contributed by atoms with E-state index >= 15 is 0 Å². The van der Waals surface area contributed by atoms with E-state index in [0.29, 0.717) is 0 Å². The number of hydrogen-bond donors (Lipinski definition) is 0. The van der Waals surface area contributed by atoms with Crippen molar-refractivity contribution in [3.63, 3.8) is 0 Å². The molecule has 0 atom stereocenters. The highest BCUT2D eigenvalue weighted by molar-refractivity contribution is 6.17. The Labute approximate surface area is 274 Å². The van der Waals surface area contributed by atoms with Gasteiger partial charge in [0.2, 0.25) is 0 Å². The molecular formula is C47H32. The molecule has 0 heterocycles. The third-order valence-electron chi connectivity index (χ3n) is 10.8. The van der Waals surface area contributed by atoms with E-state index in [-0.39, 0.29) is 5.41 Å². The lowest BCUT2D eigenvalue weighted by atomic mass is 9.80. The van der Waals surface area contributed by atoms with Crippen molar-refractivity contribution in [1.29, 1.82) is 0 Å². The maximum absolute atomic E-state index is 2.44. The Morgan fingerprint density at radius 2 is 0.660 bits per heavy atom. The first-order valence-electron chi connectivity index (χ1n) is 16.6. The number of rotatable bonds is 2. The molecule has 0 unspecified atom stereocenters. The second kappa shape index (κ2) is 9.64. The van der Waals surface area contributed by atoms with Gasteiger partial charge in [0, 0.05) is 5.41 Å². The second-order valence-electron chi connectivity index (χ2n) is 13.8. The maximum Gasteiger partial charge on any atom is 0.0159 e. The number of hydrogen-bond acceptors (Lipinski definition) is 0. The van der Waals surface area contributed by atoms with Crippen LogP contribution in [-0.2, 0) is 5.41 Å². The molecule has 1 aliphatic carbocycles. The van der Waals surface area contributed by atoms with Crippen molar-refractivity contribution in [3.8, 4) is 33.4 Å². The van der Waals surface area contributed by atoms with Crippen molar-refractivity contribution < 1.29 is 0 Å². The van der Waals surface area contributed by atoms with E-state index in [1.165, 1.54) is 98.4 Å². The molecule has 9 aromatic carbocycles. The lowest BCUT2D eigenvalue weighted by molar-refractivity contribution is 0.661. The molecule has 47 heavy (non-hydrogen) atoms. The molecule has 0 spiro atoms. The average Bonchev–Trinajstić information content (AvgIpc) is 3.35. The summed E-state index contributed by atoms with van der Waals surface area (Å²) >= 11 is 0. The van der Waals surface area contributed by atoms with Gasteiger partial charge in [0.05, 0.1) is 0 Å². The predicted molar refractivity (Wildman–Crippen MR) is 202 cm³/mol. The van der Waals surface area contributed by atoms with Crippen LogP contribution in [-0.4, -0.2) is 0 Å². The molecule has 0 saturated carbocycles. The molecule has 0 saturated heterocycles. The largest absolute Gasteiger partial charge is 0.0616 e. The summed E-state index contributed by atoms with van der Waals surface area (Å²) in [5.41, 5.74) is 10.5. The first-order chi connectivity index (χ1) is 23.0. The van der Waals surface area contributed by atoms with Crippen LogP contribution in [0, 0.1) is 0 Å². The molecule has 0 heteroatoms. The van der Waals surface area contributed by atoms with Crippen LogP contribution < -0.4 is 0 Å². The van der Waals surface area contributed by atoms with Crippen molar-refractivity contribution in [3.05, 3.63) is 169 Å². The Morgan fingerprint density at radius 1 is 0.298 bits per heavy atom. The van der Waals surface area contributed by atoms with E-state index in [1.54, 1.807) is 0 Å². The highest BCUT2D eigenvalue weighted by Crippen LogP contribution is 2.51.